The SMILES string of the molecule is CCNC(=NCCCN1CCCCCC1=O)NCCc1ccc(NC(C)=O)cc1. The smallest absolute Gasteiger partial charge is 0.222 e. The van der Waals surface area contributed by atoms with E-state index in [4.69, 9.17) is 0 Å². The zero-order valence-corrected chi connectivity index (χ0v) is 17.8. The lowest BCUT2D eigenvalue weighted by molar-refractivity contribution is -0.130. The Bertz CT molecular complexity index is 672. The molecule has 3 N–H and O–H groups in total. The predicted molar refractivity (Wildman–Crippen MR) is 118 cm³/mol. The Labute approximate surface area is 174 Å². The quantitative estimate of drug-likeness (QED) is 0.337. The van der Waals surface area contributed by atoms with Crippen LogP contribution in [0.3, 0.4) is 0 Å². The summed E-state index contributed by atoms with van der Waals surface area (Å²) in [6.45, 7) is 7.52. The minimum atomic E-state index is -0.0638. The first kappa shape index (κ1) is 22.7. The van der Waals surface area contributed by atoms with Gasteiger partial charge in [-0.1, -0.05) is 18.6 Å². The fourth-order valence-corrected chi connectivity index (χ4v) is 3.35. The van der Waals surface area contributed by atoms with E-state index in [2.05, 4.69) is 20.9 Å². The maximum Gasteiger partial charge on any atom is 0.222 e. The summed E-state index contributed by atoms with van der Waals surface area (Å²) in [6, 6.07) is 7.88. The van der Waals surface area contributed by atoms with Crippen LogP contribution in [-0.4, -0.2) is 55.4 Å². The van der Waals surface area contributed by atoms with Gasteiger partial charge in [-0.15, -0.1) is 0 Å². The number of carbonyl (C=O) groups excluding carboxylic acids is 2. The Balaban J connectivity index is 1.72. The third-order valence-electron chi connectivity index (χ3n) is 4.85. The number of aliphatic imine (C=N–C) groups is 1. The van der Waals surface area contributed by atoms with Crippen molar-refractivity contribution in [1.29, 1.82) is 0 Å². The van der Waals surface area contributed by atoms with E-state index in [9.17, 15) is 9.59 Å². The van der Waals surface area contributed by atoms with Crippen molar-refractivity contribution in [2.24, 2.45) is 4.99 Å². The molecule has 0 bridgehead atoms. The Hall–Kier alpha value is -2.57. The number of rotatable bonds is 9. The molecule has 7 nitrogen and oxygen atoms in total. The van der Waals surface area contributed by atoms with Crippen LogP contribution in [0, 0.1) is 0 Å². The molecule has 29 heavy (non-hydrogen) atoms. The predicted octanol–water partition coefficient (Wildman–Crippen LogP) is 2.54. The van der Waals surface area contributed by atoms with Crippen LogP contribution in [-0.2, 0) is 16.0 Å². The van der Waals surface area contributed by atoms with Crippen molar-refractivity contribution in [3.8, 4) is 0 Å². The van der Waals surface area contributed by atoms with Crippen LogP contribution in [0.2, 0.25) is 0 Å². The highest BCUT2D eigenvalue weighted by molar-refractivity contribution is 5.88. The Morgan fingerprint density at radius 2 is 1.93 bits per heavy atom. The van der Waals surface area contributed by atoms with Gasteiger partial charge in [0.15, 0.2) is 5.96 Å². The van der Waals surface area contributed by atoms with Crippen molar-refractivity contribution in [2.75, 3.05) is 38.0 Å². The van der Waals surface area contributed by atoms with E-state index in [0.717, 1.165) is 69.9 Å². The maximum absolute atomic E-state index is 12.0. The van der Waals surface area contributed by atoms with E-state index >= 15 is 0 Å². The number of benzene rings is 1. The fourth-order valence-electron chi connectivity index (χ4n) is 3.35. The summed E-state index contributed by atoms with van der Waals surface area (Å²) in [5, 5.41) is 9.40. The molecule has 1 fully saturated rings. The molecule has 2 rings (SSSR count). The number of nitrogens with one attached hydrogen (secondary N) is 3. The number of nitrogens with zero attached hydrogens (tertiary/aromatic N) is 2. The summed E-state index contributed by atoms with van der Waals surface area (Å²) in [6.07, 6.45) is 5.74. The summed E-state index contributed by atoms with van der Waals surface area (Å²) in [4.78, 5) is 29.7. The molecule has 1 aromatic rings. The standard InChI is InChI=1S/C22H35N5O2/c1-3-23-22(24-14-7-17-27-16-6-4-5-8-21(27)29)25-15-13-19-9-11-20(12-10-19)26-18(2)28/h9-12H,3-8,13-17H2,1-2H3,(H,26,28)(H2,23,24,25). The molecule has 0 atom stereocenters. The number of hydrogen-bond donors (Lipinski definition) is 3. The van der Waals surface area contributed by atoms with Crippen LogP contribution in [0.15, 0.2) is 29.3 Å². The topological polar surface area (TPSA) is 85.8 Å². The van der Waals surface area contributed by atoms with Gasteiger partial charge in [0.25, 0.3) is 0 Å². The van der Waals surface area contributed by atoms with Crippen molar-refractivity contribution in [3.05, 3.63) is 29.8 Å². The molecule has 0 aromatic heterocycles. The molecule has 1 aliphatic rings. The number of hydrogen-bond acceptors (Lipinski definition) is 3. The van der Waals surface area contributed by atoms with Crippen LogP contribution >= 0.6 is 0 Å². The van der Waals surface area contributed by atoms with Gasteiger partial charge in [-0.3, -0.25) is 14.6 Å². The van der Waals surface area contributed by atoms with Gasteiger partial charge < -0.3 is 20.9 Å². The molecule has 2 amide bonds. The van der Waals surface area contributed by atoms with E-state index in [0.29, 0.717) is 18.9 Å². The van der Waals surface area contributed by atoms with Crippen LogP contribution in [0.5, 0.6) is 0 Å². The molecular formula is C22H35N5O2. The van der Waals surface area contributed by atoms with Crippen LogP contribution < -0.4 is 16.0 Å². The second-order valence-electron chi connectivity index (χ2n) is 7.36. The average Bonchev–Trinajstić information content (AvgIpc) is 2.90. The molecule has 0 saturated carbocycles. The molecule has 7 heteroatoms. The number of likely N-dealkylation sites (tertiary alicyclic amines) is 1. The van der Waals surface area contributed by atoms with E-state index in [1.54, 1.807) is 0 Å². The van der Waals surface area contributed by atoms with E-state index in [1.165, 1.54) is 12.5 Å². The molecule has 0 unspecified atom stereocenters. The zero-order chi connectivity index (χ0) is 20.9. The molecule has 1 aromatic carbocycles. The highest BCUT2D eigenvalue weighted by Crippen LogP contribution is 2.11. The number of amides is 2. The second kappa shape index (κ2) is 12.8. The van der Waals surface area contributed by atoms with Crippen molar-refractivity contribution >= 4 is 23.5 Å². The van der Waals surface area contributed by atoms with E-state index in [-0.39, 0.29) is 5.91 Å². The first-order valence-electron chi connectivity index (χ1n) is 10.7. The molecule has 160 valence electrons. The van der Waals surface area contributed by atoms with Gasteiger partial charge >= 0.3 is 0 Å². The lowest BCUT2D eigenvalue weighted by atomic mass is 10.1. The summed E-state index contributed by atoms with van der Waals surface area (Å²) >= 11 is 0. The molecular weight excluding hydrogens is 366 g/mol. The monoisotopic (exact) mass is 401 g/mol. The van der Waals surface area contributed by atoms with Crippen LogP contribution in [0.4, 0.5) is 5.69 Å². The summed E-state index contributed by atoms with van der Waals surface area (Å²) in [7, 11) is 0. The fraction of sp³-hybridized carbons (Fsp3) is 0.591. The van der Waals surface area contributed by atoms with Gasteiger partial charge in [-0.2, -0.15) is 0 Å². The first-order chi connectivity index (χ1) is 14.1. The van der Waals surface area contributed by atoms with Crippen molar-refractivity contribution in [1.82, 2.24) is 15.5 Å². The van der Waals surface area contributed by atoms with Gasteiger partial charge in [0.2, 0.25) is 11.8 Å². The van der Waals surface area contributed by atoms with Crippen molar-refractivity contribution in [3.63, 3.8) is 0 Å². The number of carbonyl (C=O) groups is 2. The number of anilines is 1. The third-order valence-corrected chi connectivity index (χ3v) is 4.85. The molecule has 1 heterocycles. The van der Waals surface area contributed by atoms with E-state index < -0.39 is 0 Å². The van der Waals surface area contributed by atoms with Crippen molar-refractivity contribution < 1.29 is 9.59 Å². The molecule has 1 saturated heterocycles. The number of guanidine groups is 1. The van der Waals surface area contributed by atoms with Crippen LogP contribution in [0.1, 0.15) is 51.5 Å². The highest BCUT2D eigenvalue weighted by atomic mass is 16.2. The molecule has 0 spiro atoms. The van der Waals surface area contributed by atoms with Gasteiger partial charge in [0.1, 0.15) is 0 Å². The van der Waals surface area contributed by atoms with Gasteiger partial charge in [0, 0.05) is 51.8 Å². The minimum Gasteiger partial charge on any atom is -0.357 e. The lowest BCUT2D eigenvalue weighted by Crippen LogP contribution is -2.38. The third kappa shape index (κ3) is 8.98. The largest absolute Gasteiger partial charge is 0.357 e. The molecule has 0 radical (unpaired) electrons. The second-order valence-corrected chi connectivity index (χ2v) is 7.36. The van der Waals surface area contributed by atoms with E-state index in [1.807, 2.05) is 36.1 Å². The van der Waals surface area contributed by atoms with Crippen molar-refractivity contribution in [2.45, 2.75) is 52.4 Å². The first-order valence-corrected chi connectivity index (χ1v) is 10.7. The minimum absolute atomic E-state index is 0.0638. The zero-order valence-electron chi connectivity index (χ0n) is 17.8. The average molecular weight is 402 g/mol. The Kier molecular flexibility index (Phi) is 10.0. The molecule has 1 aliphatic heterocycles. The summed E-state index contributed by atoms with van der Waals surface area (Å²) < 4.78 is 0. The molecule has 0 aliphatic carbocycles. The van der Waals surface area contributed by atoms with Gasteiger partial charge in [-0.05, 0) is 50.3 Å². The highest BCUT2D eigenvalue weighted by Gasteiger charge is 2.15. The van der Waals surface area contributed by atoms with Gasteiger partial charge in [-0.25, -0.2) is 0 Å². The summed E-state index contributed by atoms with van der Waals surface area (Å²) in [5.74, 6) is 1.04. The van der Waals surface area contributed by atoms with Crippen LogP contribution in [0.25, 0.3) is 0 Å². The Morgan fingerprint density at radius 1 is 1.14 bits per heavy atom. The maximum atomic E-state index is 12.0. The van der Waals surface area contributed by atoms with Gasteiger partial charge in [0.05, 0.1) is 0 Å². The summed E-state index contributed by atoms with van der Waals surface area (Å²) in [5.41, 5.74) is 2.01. The normalized spacial score (nSPS) is 15.0. The Morgan fingerprint density at radius 3 is 2.66 bits per heavy atom. The lowest BCUT2D eigenvalue weighted by Gasteiger charge is -2.20.